The van der Waals surface area contributed by atoms with Crippen molar-refractivity contribution in [1.29, 1.82) is 0 Å². The van der Waals surface area contributed by atoms with Gasteiger partial charge in [0.25, 0.3) is 0 Å². The summed E-state index contributed by atoms with van der Waals surface area (Å²) in [6, 6.07) is 6.35. The molecule has 10 heteroatoms. The zero-order valence-corrected chi connectivity index (χ0v) is 18.9. The van der Waals surface area contributed by atoms with Crippen molar-refractivity contribution in [2.45, 2.75) is 42.7 Å². The standard InChI is InChI=1S/C14H12Cl9O/c1-2-5-10(24)8-6-3-4-7-9(8)11(15,16)12(17,18)13(19,20)14(21,22)23/h3-4,6-7,10H,2,5H2,1H3. The zero-order chi connectivity index (χ0) is 19.0. The van der Waals surface area contributed by atoms with Crippen molar-refractivity contribution in [1.82, 2.24) is 0 Å². The van der Waals surface area contributed by atoms with Crippen molar-refractivity contribution >= 4 is 104 Å². The fraction of sp³-hybridized carbons (Fsp3) is 0.571. The Morgan fingerprint density at radius 3 is 1.83 bits per heavy atom. The van der Waals surface area contributed by atoms with Crippen molar-refractivity contribution in [3.8, 4) is 0 Å². The lowest BCUT2D eigenvalue weighted by Crippen LogP contribution is -2.55. The van der Waals surface area contributed by atoms with Gasteiger partial charge in [-0.3, -0.25) is 0 Å². The fourth-order valence-electron chi connectivity index (χ4n) is 2.03. The van der Waals surface area contributed by atoms with Crippen LogP contribution in [0.25, 0.3) is 0 Å². The second-order valence-electron chi connectivity index (χ2n) is 5.09. The van der Waals surface area contributed by atoms with Gasteiger partial charge in [-0.25, -0.2) is 5.11 Å². The molecule has 0 spiro atoms. The smallest absolute Gasteiger partial charge is 0.226 e. The quantitative estimate of drug-likeness (QED) is 0.340. The summed E-state index contributed by atoms with van der Waals surface area (Å²) < 4.78 is -9.23. The third kappa shape index (κ3) is 4.43. The van der Waals surface area contributed by atoms with E-state index in [4.69, 9.17) is 104 Å². The second-order valence-corrected chi connectivity index (χ2v) is 11.3. The molecule has 0 aliphatic heterocycles. The first kappa shape index (κ1) is 23.8. The Balaban J connectivity index is 3.50. The van der Waals surface area contributed by atoms with Crippen LogP contribution in [0.3, 0.4) is 0 Å². The molecule has 1 aromatic rings. The van der Waals surface area contributed by atoms with Gasteiger partial charge < -0.3 is 0 Å². The first-order valence-electron chi connectivity index (χ1n) is 6.67. The Kier molecular flexibility index (Phi) is 8.37. The van der Waals surface area contributed by atoms with Gasteiger partial charge in [0.1, 0.15) is 6.10 Å². The van der Waals surface area contributed by atoms with Crippen LogP contribution in [0.4, 0.5) is 0 Å². The molecule has 0 saturated carbocycles. The van der Waals surface area contributed by atoms with Crippen LogP contribution in [0, 0.1) is 0 Å². The molecule has 0 aromatic heterocycles. The first-order valence-corrected chi connectivity index (χ1v) is 10.1. The highest BCUT2D eigenvalue weighted by molar-refractivity contribution is 6.80. The largest absolute Gasteiger partial charge is 0.228 e. The van der Waals surface area contributed by atoms with E-state index in [9.17, 15) is 5.11 Å². The molecular weight excluding hydrogens is 503 g/mol. The molecule has 1 radical (unpaired) electrons. The Labute approximate surface area is 186 Å². The van der Waals surface area contributed by atoms with E-state index >= 15 is 0 Å². The van der Waals surface area contributed by atoms with Crippen LogP contribution in [0.15, 0.2) is 24.3 Å². The lowest BCUT2D eigenvalue weighted by molar-refractivity contribution is 0.0794. The third-order valence-electron chi connectivity index (χ3n) is 3.34. The van der Waals surface area contributed by atoms with Crippen molar-refractivity contribution in [3.05, 3.63) is 35.4 Å². The molecule has 0 heterocycles. The molecule has 0 N–H and O–H groups in total. The summed E-state index contributed by atoms with van der Waals surface area (Å²) in [5.74, 6) is 0. The van der Waals surface area contributed by atoms with E-state index in [0.717, 1.165) is 0 Å². The summed E-state index contributed by atoms with van der Waals surface area (Å²) >= 11 is 54.9. The number of halogens is 9. The molecule has 1 rings (SSSR count). The SMILES string of the molecule is CCCC([O])c1ccccc1C(Cl)(Cl)C(Cl)(Cl)C(Cl)(Cl)C(Cl)(Cl)Cl. The van der Waals surface area contributed by atoms with Crippen LogP contribution < -0.4 is 0 Å². The van der Waals surface area contributed by atoms with Crippen LogP contribution in [0.5, 0.6) is 0 Å². The Bertz CT molecular complexity index is 566. The van der Waals surface area contributed by atoms with Crippen LogP contribution in [0.2, 0.25) is 0 Å². The van der Waals surface area contributed by atoms with Crippen LogP contribution >= 0.6 is 104 Å². The summed E-state index contributed by atoms with van der Waals surface area (Å²) in [6.45, 7) is 1.88. The van der Waals surface area contributed by atoms with Crippen molar-refractivity contribution in [2.75, 3.05) is 0 Å². The maximum absolute atomic E-state index is 12.4. The van der Waals surface area contributed by atoms with E-state index in [2.05, 4.69) is 0 Å². The van der Waals surface area contributed by atoms with Crippen molar-refractivity contribution in [2.24, 2.45) is 0 Å². The molecule has 0 amide bonds. The van der Waals surface area contributed by atoms with Gasteiger partial charge in [-0.2, -0.15) is 0 Å². The lowest BCUT2D eigenvalue weighted by Gasteiger charge is -2.44. The topological polar surface area (TPSA) is 19.9 Å². The zero-order valence-electron chi connectivity index (χ0n) is 12.1. The van der Waals surface area contributed by atoms with E-state index in [0.29, 0.717) is 18.4 Å². The average molecular weight is 515 g/mol. The minimum Gasteiger partial charge on any atom is -0.228 e. The van der Waals surface area contributed by atoms with Gasteiger partial charge in [-0.15, -0.1) is 0 Å². The minimum atomic E-state index is -2.40. The Morgan fingerprint density at radius 2 is 1.38 bits per heavy atom. The summed E-state index contributed by atoms with van der Waals surface area (Å²) in [7, 11) is 0. The molecule has 1 unspecified atom stereocenters. The minimum absolute atomic E-state index is 0.145. The second kappa shape index (κ2) is 8.43. The maximum atomic E-state index is 12.4. The van der Waals surface area contributed by atoms with Crippen molar-refractivity contribution in [3.63, 3.8) is 0 Å². The highest BCUT2D eigenvalue weighted by Crippen LogP contribution is 2.65. The van der Waals surface area contributed by atoms with Gasteiger partial charge in [0.05, 0.1) is 0 Å². The molecule has 0 aliphatic rings. The van der Waals surface area contributed by atoms with Gasteiger partial charge in [-0.05, 0) is 17.5 Å². The number of alkyl halides is 9. The molecule has 0 saturated heterocycles. The maximum Gasteiger partial charge on any atom is 0.226 e. The summed E-state index contributed by atoms with van der Waals surface area (Å²) in [5, 5.41) is 12.4. The monoisotopic (exact) mass is 511 g/mol. The van der Waals surface area contributed by atoms with E-state index in [1.165, 1.54) is 6.07 Å². The Morgan fingerprint density at radius 1 is 0.875 bits per heavy atom. The number of hydrogen-bond donors (Lipinski definition) is 0. The van der Waals surface area contributed by atoms with E-state index in [1.54, 1.807) is 18.2 Å². The molecule has 1 atom stereocenters. The lowest BCUT2D eigenvalue weighted by atomic mass is 9.94. The van der Waals surface area contributed by atoms with E-state index in [1.807, 2.05) is 6.92 Å². The molecule has 0 fully saturated rings. The van der Waals surface area contributed by atoms with Crippen molar-refractivity contribution < 1.29 is 5.11 Å². The van der Waals surface area contributed by atoms with E-state index in [-0.39, 0.29) is 5.56 Å². The van der Waals surface area contributed by atoms with Gasteiger partial charge in [0.2, 0.25) is 8.13 Å². The summed E-state index contributed by atoms with van der Waals surface area (Å²) in [4.78, 5) is 0. The van der Waals surface area contributed by atoms with Gasteiger partial charge in [0, 0.05) is 0 Å². The third-order valence-corrected chi connectivity index (χ3v) is 8.79. The van der Waals surface area contributed by atoms with Gasteiger partial charge in [-0.1, -0.05) is 142 Å². The molecule has 1 nitrogen and oxygen atoms in total. The number of hydrogen-bond acceptors (Lipinski definition) is 0. The molecule has 1 aromatic carbocycles. The normalized spacial score (nSPS) is 15.5. The molecule has 137 valence electrons. The highest BCUT2D eigenvalue weighted by Gasteiger charge is 2.68. The fourth-order valence-corrected chi connectivity index (χ4v) is 4.33. The summed E-state index contributed by atoms with van der Waals surface area (Å²) in [6.07, 6.45) is -0.0775. The van der Waals surface area contributed by atoms with Gasteiger partial charge >= 0.3 is 0 Å². The van der Waals surface area contributed by atoms with Crippen LogP contribution in [-0.4, -0.2) is 12.5 Å². The predicted molar refractivity (Wildman–Crippen MR) is 107 cm³/mol. The average Bonchev–Trinajstić information content (AvgIpc) is 2.45. The highest BCUT2D eigenvalue weighted by atomic mass is 35.6. The molecule has 24 heavy (non-hydrogen) atoms. The molecular formula is C14H12Cl9O. The van der Waals surface area contributed by atoms with E-state index < -0.39 is 22.9 Å². The first-order chi connectivity index (χ1) is 10.7. The van der Waals surface area contributed by atoms with Gasteiger partial charge in [0.15, 0.2) is 8.67 Å². The predicted octanol–water partition coefficient (Wildman–Crippen LogP) is 8.31. The van der Waals surface area contributed by atoms with Crippen LogP contribution in [-0.2, 0) is 9.44 Å². The molecule has 0 bridgehead atoms. The summed E-state index contributed by atoms with van der Waals surface area (Å²) in [5.41, 5.74) is 0.454. The Hall–Kier alpha value is 1.79. The number of benzene rings is 1. The number of rotatable bonds is 6. The van der Waals surface area contributed by atoms with Crippen LogP contribution in [0.1, 0.15) is 37.0 Å². The molecule has 0 aliphatic carbocycles.